The number of hydrogen-bond acceptors (Lipinski definition) is 3. The molecule has 0 aromatic carbocycles. The first-order chi connectivity index (χ1) is 7.55. The van der Waals surface area contributed by atoms with Crippen LogP contribution < -0.4 is 10.6 Å². The Morgan fingerprint density at radius 3 is 2.75 bits per heavy atom. The zero-order valence-electron chi connectivity index (χ0n) is 10.1. The molecule has 0 fully saturated rings. The Morgan fingerprint density at radius 1 is 1.62 bits per heavy atom. The molecule has 0 saturated heterocycles. The highest BCUT2D eigenvalue weighted by Crippen LogP contribution is 2.24. The summed E-state index contributed by atoms with van der Waals surface area (Å²) in [7, 11) is 1.75. The van der Waals surface area contributed by atoms with Crippen LogP contribution in [0.1, 0.15) is 20.3 Å². The third kappa shape index (κ3) is 2.39. The van der Waals surface area contributed by atoms with E-state index in [4.69, 9.17) is 5.73 Å². The van der Waals surface area contributed by atoms with Crippen molar-refractivity contribution in [1.82, 2.24) is 4.98 Å². The molecule has 1 amide bonds. The van der Waals surface area contributed by atoms with Crippen LogP contribution in [0.25, 0.3) is 0 Å². The zero-order chi connectivity index (χ0) is 12.2. The molecule has 2 N–H and O–H groups in total. The predicted molar refractivity (Wildman–Crippen MR) is 65.1 cm³/mol. The van der Waals surface area contributed by atoms with Crippen LogP contribution in [0.15, 0.2) is 24.5 Å². The molecule has 88 valence electrons. The first kappa shape index (κ1) is 12.6. The van der Waals surface area contributed by atoms with Gasteiger partial charge in [0.05, 0.1) is 17.3 Å². The van der Waals surface area contributed by atoms with Gasteiger partial charge in [-0.05, 0) is 25.5 Å². The standard InChI is InChI=1S/C12H19N3O/c1-4-12(2,9-13)11(16)15(3)10-6-5-7-14-8-10/h5-8H,4,9,13H2,1-3H3. The zero-order valence-corrected chi connectivity index (χ0v) is 10.1. The number of hydrogen-bond donors (Lipinski definition) is 1. The molecular weight excluding hydrogens is 202 g/mol. The molecule has 1 atom stereocenters. The average Bonchev–Trinajstić information content (AvgIpc) is 2.37. The van der Waals surface area contributed by atoms with Gasteiger partial charge in [0, 0.05) is 19.8 Å². The fourth-order valence-electron chi connectivity index (χ4n) is 1.46. The Kier molecular flexibility index (Phi) is 4.01. The number of carbonyl (C=O) groups excluding carboxylic acids is 1. The van der Waals surface area contributed by atoms with Crippen LogP contribution in [0.3, 0.4) is 0 Å². The second-order valence-electron chi connectivity index (χ2n) is 4.19. The van der Waals surface area contributed by atoms with Gasteiger partial charge in [-0.15, -0.1) is 0 Å². The number of nitrogens with two attached hydrogens (primary N) is 1. The van der Waals surface area contributed by atoms with Gasteiger partial charge in [0.2, 0.25) is 5.91 Å². The second-order valence-corrected chi connectivity index (χ2v) is 4.19. The molecule has 4 nitrogen and oxygen atoms in total. The number of carbonyl (C=O) groups is 1. The van der Waals surface area contributed by atoms with Crippen LogP contribution in [0.2, 0.25) is 0 Å². The molecule has 1 heterocycles. The van der Waals surface area contributed by atoms with E-state index in [1.54, 1.807) is 24.3 Å². The summed E-state index contributed by atoms with van der Waals surface area (Å²) in [6, 6.07) is 3.67. The third-order valence-corrected chi connectivity index (χ3v) is 3.09. The maximum absolute atomic E-state index is 12.2. The van der Waals surface area contributed by atoms with Crippen molar-refractivity contribution in [1.29, 1.82) is 0 Å². The number of aromatic nitrogens is 1. The van der Waals surface area contributed by atoms with Crippen molar-refractivity contribution < 1.29 is 4.79 Å². The molecule has 4 heteroatoms. The van der Waals surface area contributed by atoms with Crippen molar-refractivity contribution in [3.8, 4) is 0 Å². The van der Waals surface area contributed by atoms with E-state index < -0.39 is 5.41 Å². The summed E-state index contributed by atoms with van der Waals surface area (Å²) in [6.07, 6.45) is 4.08. The van der Waals surface area contributed by atoms with Crippen LogP contribution in [0.4, 0.5) is 5.69 Å². The second kappa shape index (κ2) is 5.07. The summed E-state index contributed by atoms with van der Waals surface area (Å²) < 4.78 is 0. The lowest BCUT2D eigenvalue weighted by molar-refractivity contribution is -0.126. The van der Waals surface area contributed by atoms with Crippen LogP contribution >= 0.6 is 0 Å². The van der Waals surface area contributed by atoms with Crippen molar-refractivity contribution >= 4 is 11.6 Å². The summed E-state index contributed by atoms with van der Waals surface area (Å²) in [5.74, 6) is 0.0329. The van der Waals surface area contributed by atoms with Gasteiger partial charge in [0.15, 0.2) is 0 Å². The Morgan fingerprint density at radius 2 is 2.31 bits per heavy atom. The van der Waals surface area contributed by atoms with E-state index in [-0.39, 0.29) is 5.91 Å². The Labute approximate surface area is 96.5 Å². The van der Waals surface area contributed by atoms with Gasteiger partial charge in [-0.25, -0.2) is 0 Å². The molecule has 0 aliphatic carbocycles. The predicted octanol–water partition coefficient (Wildman–Crippen LogP) is 1.42. The minimum Gasteiger partial charge on any atom is -0.329 e. The first-order valence-electron chi connectivity index (χ1n) is 5.43. The summed E-state index contributed by atoms with van der Waals surface area (Å²) >= 11 is 0. The molecule has 0 radical (unpaired) electrons. The smallest absolute Gasteiger partial charge is 0.233 e. The molecule has 0 aliphatic heterocycles. The third-order valence-electron chi connectivity index (χ3n) is 3.09. The van der Waals surface area contributed by atoms with E-state index in [0.717, 1.165) is 12.1 Å². The van der Waals surface area contributed by atoms with Crippen molar-refractivity contribution in [2.75, 3.05) is 18.5 Å². The SMILES string of the molecule is CCC(C)(CN)C(=O)N(C)c1cccnc1. The number of amides is 1. The molecule has 1 aromatic heterocycles. The highest BCUT2D eigenvalue weighted by atomic mass is 16.2. The number of nitrogens with zero attached hydrogens (tertiary/aromatic N) is 2. The molecule has 0 saturated carbocycles. The summed E-state index contributed by atoms with van der Waals surface area (Å²) in [5, 5.41) is 0. The molecular formula is C12H19N3O. The first-order valence-corrected chi connectivity index (χ1v) is 5.43. The van der Waals surface area contributed by atoms with Gasteiger partial charge >= 0.3 is 0 Å². The minimum absolute atomic E-state index is 0.0329. The summed E-state index contributed by atoms with van der Waals surface area (Å²) in [6.45, 7) is 4.22. The normalized spacial score (nSPS) is 14.2. The van der Waals surface area contributed by atoms with E-state index in [1.807, 2.05) is 26.0 Å². The Hall–Kier alpha value is -1.42. The van der Waals surface area contributed by atoms with Crippen molar-refractivity contribution in [2.24, 2.45) is 11.1 Å². The van der Waals surface area contributed by atoms with Crippen molar-refractivity contribution in [3.63, 3.8) is 0 Å². The van der Waals surface area contributed by atoms with Crippen molar-refractivity contribution in [2.45, 2.75) is 20.3 Å². The van der Waals surface area contributed by atoms with E-state index >= 15 is 0 Å². The lowest BCUT2D eigenvalue weighted by Crippen LogP contribution is -2.44. The lowest BCUT2D eigenvalue weighted by atomic mass is 9.86. The van der Waals surface area contributed by atoms with Crippen molar-refractivity contribution in [3.05, 3.63) is 24.5 Å². The van der Waals surface area contributed by atoms with Gasteiger partial charge < -0.3 is 10.6 Å². The van der Waals surface area contributed by atoms with Crippen LogP contribution in [-0.4, -0.2) is 24.5 Å². The highest BCUT2D eigenvalue weighted by molar-refractivity contribution is 5.96. The van der Waals surface area contributed by atoms with Crippen LogP contribution in [0.5, 0.6) is 0 Å². The van der Waals surface area contributed by atoms with Gasteiger partial charge in [0.1, 0.15) is 0 Å². The monoisotopic (exact) mass is 221 g/mol. The fourth-order valence-corrected chi connectivity index (χ4v) is 1.46. The van der Waals surface area contributed by atoms with Gasteiger partial charge in [-0.2, -0.15) is 0 Å². The molecule has 0 aliphatic rings. The van der Waals surface area contributed by atoms with Gasteiger partial charge in [-0.3, -0.25) is 9.78 Å². The lowest BCUT2D eigenvalue weighted by Gasteiger charge is -2.30. The van der Waals surface area contributed by atoms with Crippen LogP contribution in [0, 0.1) is 5.41 Å². The largest absolute Gasteiger partial charge is 0.329 e. The molecule has 1 aromatic rings. The number of pyridine rings is 1. The van der Waals surface area contributed by atoms with E-state index in [1.165, 1.54) is 0 Å². The minimum atomic E-state index is -0.495. The van der Waals surface area contributed by atoms with Crippen LogP contribution in [-0.2, 0) is 4.79 Å². The average molecular weight is 221 g/mol. The Balaban J connectivity index is 2.90. The highest BCUT2D eigenvalue weighted by Gasteiger charge is 2.32. The number of anilines is 1. The van der Waals surface area contributed by atoms with Gasteiger partial charge in [0.25, 0.3) is 0 Å². The fraction of sp³-hybridized carbons (Fsp3) is 0.500. The van der Waals surface area contributed by atoms with E-state index in [2.05, 4.69) is 4.98 Å². The van der Waals surface area contributed by atoms with E-state index in [0.29, 0.717) is 6.54 Å². The van der Waals surface area contributed by atoms with E-state index in [9.17, 15) is 4.79 Å². The molecule has 16 heavy (non-hydrogen) atoms. The molecule has 0 bridgehead atoms. The maximum Gasteiger partial charge on any atom is 0.233 e. The van der Waals surface area contributed by atoms with Gasteiger partial charge in [-0.1, -0.05) is 6.92 Å². The molecule has 0 spiro atoms. The molecule has 1 unspecified atom stereocenters. The summed E-state index contributed by atoms with van der Waals surface area (Å²) in [5.41, 5.74) is 5.97. The number of rotatable bonds is 4. The Bertz CT molecular complexity index is 347. The summed E-state index contributed by atoms with van der Waals surface area (Å²) in [4.78, 5) is 17.9. The topological polar surface area (TPSA) is 59.2 Å². The quantitative estimate of drug-likeness (QED) is 0.836. The molecule has 1 rings (SSSR count). The maximum atomic E-state index is 12.2.